The van der Waals surface area contributed by atoms with Crippen molar-refractivity contribution in [2.75, 3.05) is 19.6 Å². The first-order valence-corrected chi connectivity index (χ1v) is 6.22. The number of aliphatic carboxylic acids is 1. The highest BCUT2D eigenvalue weighted by atomic mass is 16.4. The lowest BCUT2D eigenvalue weighted by Gasteiger charge is -2.47. The zero-order valence-electron chi connectivity index (χ0n) is 10.4. The molecule has 2 rings (SSSR count). The van der Waals surface area contributed by atoms with Crippen molar-refractivity contribution in [3.63, 3.8) is 0 Å². The van der Waals surface area contributed by atoms with Crippen LogP contribution in [-0.2, 0) is 9.59 Å². The van der Waals surface area contributed by atoms with Crippen molar-refractivity contribution in [3.8, 4) is 0 Å². The maximum Gasteiger partial charge on any atom is 0.330 e. The molecule has 3 atom stereocenters. The van der Waals surface area contributed by atoms with Gasteiger partial charge in [0.1, 0.15) is 5.54 Å². The molecule has 2 aliphatic rings. The zero-order chi connectivity index (χ0) is 12.6. The maximum atomic E-state index is 11.7. The van der Waals surface area contributed by atoms with E-state index in [1.807, 2.05) is 13.8 Å². The maximum absolute atomic E-state index is 11.7. The van der Waals surface area contributed by atoms with E-state index in [1.54, 1.807) is 0 Å². The smallest absolute Gasteiger partial charge is 0.330 e. The number of amides is 1. The fourth-order valence-corrected chi connectivity index (χ4v) is 3.37. The Balaban J connectivity index is 2.37. The van der Waals surface area contributed by atoms with E-state index in [-0.39, 0.29) is 12.0 Å². The van der Waals surface area contributed by atoms with E-state index < -0.39 is 11.5 Å². The monoisotopic (exact) mass is 240 g/mol. The van der Waals surface area contributed by atoms with Crippen molar-refractivity contribution in [1.29, 1.82) is 0 Å². The molecule has 96 valence electrons. The highest BCUT2D eigenvalue weighted by Gasteiger charge is 2.55. The van der Waals surface area contributed by atoms with Crippen molar-refractivity contribution in [2.24, 2.45) is 5.92 Å². The molecule has 0 spiro atoms. The third-order valence-electron chi connectivity index (χ3n) is 4.26. The van der Waals surface area contributed by atoms with Crippen LogP contribution in [0.1, 0.15) is 26.7 Å². The summed E-state index contributed by atoms with van der Waals surface area (Å²) in [5.74, 6) is -0.772. The van der Waals surface area contributed by atoms with Gasteiger partial charge in [0, 0.05) is 25.0 Å². The Bertz CT molecular complexity index is 332. The van der Waals surface area contributed by atoms with E-state index in [0.29, 0.717) is 12.8 Å². The zero-order valence-corrected chi connectivity index (χ0v) is 10.4. The molecule has 2 saturated heterocycles. The Morgan fingerprint density at radius 2 is 2.24 bits per heavy atom. The summed E-state index contributed by atoms with van der Waals surface area (Å²) in [4.78, 5) is 26.8. The number of rotatable bonds is 4. The minimum Gasteiger partial charge on any atom is -0.479 e. The second-order valence-corrected chi connectivity index (χ2v) is 5.37. The van der Waals surface area contributed by atoms with E-state index in [2.05, 4.69) is 4.90 Å². The molecule has 0 aromatic rings. The molecular formula is C12H20N2O3. The second kappa shape index (κ2) is 4.29. The van der Waals surface area contributed by atoms with Crippen molar-refractivity contribution in [2.45, 2.75) is 38.3 Å². The molecule has 0 aromatic carbocycles. The fraction of sp³-hybridized carbons (Fsp3) is 0.833. The largest absolute Gasteiger partial charge is 0.479 e. The normalized spacial score (nSPS) is 35.9. The Morgan fingerprint density at radius 1 is 1.53 bits per heavy atom. The van der Waals surface area contributed by atoms with Crippen LogP contribution in [-0.4, -0.2) is 58.5 Å². The molecular weight excluding hydrogens is 220 g/mol. The second-order valence-electron chi connectivity index (χ2n) is 5.37. The molecule has 2 heterocycles. The lowest BCUT2D eigenvalue weighted by Crippen LogP contribution is -2.64. The van der Waals surface area contributed by atoms with Crippen LogP contribution in [0.15, 0.2) is 0 Å². The van der Waals surface area contributed by atoms with Gasteiger partial charge in [0.25, 0.3) is 0 Å². The number of carboxylic acids is 1. The SMILES string of the molecule is CC(C)N(C=O)C1(C(=O)O)CCN2CCC1C2. The Labute approximate surface area is 101 Å². The van der Waals surface area contributed by atoms with E-state index >= 15 is 0 Å². The van der Waals surface area contributed by atoms with Gasteiger partial charge in [-0.25, -0.2) is 4.79 Å². The van der Waals surface area contributed by atoms with Gasteiger partial charge in [0.05, 0.1) is 0 Å². The number of fused-ring (bicyclic) bond motifs is 2. The summed E-state index contributed by atoms with van der Waals surface area (Å²) >= 11 is 0. The summed E-state index contributed by atoms with van der Waals surface area (Å²) in [7, 11) is 0. The molecule has 17 heavy (non-hydrogen) atoms. The molecule has 0 aliphatic carbocycles. The number of hydrogen-bond donors (Lipinski definition) is 1. The first kappa shape index (κ1) is 12.4. The van der Waals surface area contributed by atoms with Crippen LogP contribution in [0.4, 0.5) is 0 Å². The van der Waals surface area contributed by atoms with E-state index in [0.717, 1.165) is 26.1 Å². The third kappa shape index (κ3) is 1.73. The summed E-state index contributed by atoms with van der Waals surface area (Å²) in [5.41, 5.74) is -0.983. The molecule has 0 radical (unpaired) electrons. The van der Waals surface area contributed by atoms with Crippen LogP contribution >= 0.6 is 0 Å². The first-order valence-electron chi connectivity index (χ1n) is 6.22. The predicted molar refractivity (Wildman–Crippen MR) is 62.6 cm³/mol. The van der Waals surface area contributed by atoms with E-state index in [9.17, 15) is 14.7 Å². The molecule has 2 fully saturated rings. The number of carboxylic acid groups (broad SMARTS) is 1. The summed E-state index contributed by atoms with van der Waals surface area (Å²) in [6.45, 7) is 6.30. The van der Waals surface area contributed by atoms with Gasteiger partial charge in [-0.1, -0.05) is 0 Å². The van der Waals surface area contributed by atoms with Crippen molar-refractivity contribution in [1.82, 2.24) is 9.80 Å². The highest BCUT2D eigenvalue weighted by Crippen LogP contribution is 2.40. The van der Waals surface area contributed by atoms with Gasteiger partial charge in [-0.3, -0.25) is 4.79 Å². The number of carbonyl (C=O) groups excluding carboxylic acids is 1. The Hall–Kier alpha value is -1.10. The van der Waals surface area contributed by atoms with Gasteiger partial charge in [0.15, 0.2) is 0 Å². The minimum atomic E-state index is -0.983. The number of hydrogen-bond acceptors (Lipinski definition) is 3. The van der Waals surface area contributed by atoms with Crippen LogP contribution in [0.2, 0.25) is 0 Å². The standard InChI is InChI=1S/C12H20N2O3/c1-9(2)14(8-15)12(11(16)17)4-6-13-5-3-10(12)7-13/h8-10H,3-7H2,1-2H3,(H,16,17). The molecule has 0 saturated carbocycles. The summed E-state index contributed by atoms with van der Waals surface area (Å²) in [6.07, 6.45) is 2.14. The van der Waals surface area contributed by atoms with Crippen LogP contribution in [0.3, 0.4) is 0 Å². The van der Waals surface area contributed by atoms with E-state index in [4.69, 9.17) is 0 Å². The van der Waals surface area contributed by atoms with Crippen LogP contribution in [0.5, 0.6) is 0 Å². The fourth-order valence-electron chi connectivity index (χ4n) is 3.37. The van der Waals surface area contributed by atoms with Gasteiger partial charge < -0.3 is 14.9 Å². The molecule has 1 amide bonds. The summed E-state index contributed by atoms with van der Waals surface area (Å²) in [6, 6.07) is -0.0734. The quantitative estimate of drug-likeness (QED) is 0.723. The number of carbonyl (C=O) groups is 2. The first-order chi connectivity index (χ1) is 8.02. The molecule has 3 unspecified atom stereocenters. The summed E-state index contributed by atoms with van der Waals surface area (Å²) in [5, 5.41) is 9.64. The van der Waals surface area contributed by atoms with Gasteiger partial charge in [-0.2, -0.15) is 0 Å². The molecule has 5 nitrogen and oxygen atoms in total. The minimum absolute atomic E-state index is 0.0707. The topological polar surface area (TPSA) is 60.9 Å². The van der Waals surface area contributed by atoms with Crippen LogP contribution in [0.25, 0.3) is 0 Å². The summed E-state index contributed by atoms with van der Waals surface area (Å²) < 4.78 is 0. The van der Waals surface area contributed by atoms with Gasteiger partial charge in [0.2, 0.25) is 6.41 Å². The van der Waals surface area contributed by atoms with Gasteiger partial charge >= 0.3 is 5.97 Å². The van der Waals surface area contributed by atoms with Gasteiger partial charge in [-0.05, 0) is 33.2 Å². The van der Waals surface area contributed by atoms with Crippen LogP contribution in [0, 0.1) is 5.92 Å². The van der Waals surface area contributed by atoms with E-state index in [1.165, 1.54) is 4.90 Å². The average Bonchev–Trinajstić information content (AvgIpc) is 2.66. The number of nitrogens with zero attached hydrogens (tertiary/aromatic N) is 2. The van der Waals surface area contributed by atoms with Crippen molar-refractivity contribution in [3.05, 3.63) is 0 Å². The molecule has 2 bridgehead atoms. The van der Waals surface area contributed by atoms with Crippen molar-refractivity contribution < 1.29 is 14.7 Å². The predicted octanol–water partition coefficient (Wildman–Crippen LogP) is 0.402. The Kier molecular flexibility index (Phi) is 3.12. The Morgan fingerprint density at radius 3 is 2.76 bits per heavy atom. The number of piperidine rings is 1. The third-order valence-corrected chi connectivity index (χ3v) is 4.26. The lowest BCUT2D eigenvalue weighted by molar-refractivity contribution is -0.164. The molecule has 5 heteroatoms. The van der Waals surface area contributed by atoms with Gasteiger partial charge in [-0.15, -0.1) is 0 Å². The van der Waals surface area contributed by atoms with Crippen molar-refractivity contribution >= 4 is 12.4 Å². The molecule has 2 aliphatic heterocycles. The molecule has 1 N–H and O–H groups in total. The van der Waals surface area contributed by atoms with Crippen LogP contribution < -0.4 is 0 Å². The molecule has 0 aromatic heterocycles. The lowest BCUT2D eigenvalue weighted by atomic mass is 9.77. The highest BCUT2D eigenvalue weighted by molar-refractivity contribution is 5.82. The average molecular weight is 240 g/mol.